The number of nitrogens with zero attached hydrogens (tertiary/aromatic N) is 2. The number of hydrogen-bond donors (Lipinski definition) is 1. The van der Waals surface area contributed by atoms with E-state index in [4.69, 9.17) is 28.2 Å². The predicted octanol–water partition coefficient (Wildman–Crippen LogP) is 4.76. The van der Waals surface area contributed by atoms with Crippen molar-refractivity contribution >= 4 is 29.0 Å². The molecule has 0 spiro atoms. The summed E-state index contributed by atoms with van der Waals surface area (Å²) in [5, 5.41) is 4.45. The Morgan fingerprint density at radius 3 is 2.86 bits per heavy atom. The third-order valence-corrected chi connectivity index (χ3v) is 4.49. The molecule has 0 fully saturated rings. The number of hydrogen-bond acceptors (Lipinski definition) is 3. The summed E-state index contributed by atoms with van der Waals surface area (Å²) in [4.78, 5) is 9.39. The van der Waals surface area contributed by atoms with Crippen molar-refractivity contribution in [3.05, 3.63) is 39.5 Å². The Kier molecular flexibility index (Phi) is 4.32. The summed E-state index contributed by atoms with van der Waals surface area (Å²) in [6, 6.07) is 5.56. The molecule has 3 rings (SSSR count). The number of fused-ring (bicyclic) bond motifs is 1. The van der Waals surface area contributed by atoms with Crippen molar-refractivity contribution in [2.75, 3.05) is 11.9 Å². The fourth-order valence-corrected chi connectivity index (χ4v) is 3.00. The third-order valence-electron chi connectivity index (χ3n) is 3.67. The first-order chi connectivity index (χ1) is 10.2. The van der Waals surface area contributed by atoms with Crippen LogP contribution in [0.15, 0.2) is 18.2 Å². The van der Waals surface area contributed by atoms with Crippen molar-refractivity contribution in [2.24, 2.45) is 0 Å². The van der Waals surface area contributed by atoms with E-state index in [0.717, 1.165) is 49.3 Å². The Hall–Kier alpha value is -1.32. The summed E-state index contributed by atoms with van der Waals surface area (Å²) in [6.07, 6.45) is 4.25. The molecule has 1 aromatic carbocycles. The van der Waals surface area contributed by atoms with Gasteiger partial charge in [0.15, 0.2) is 5.82 Å². The molecule has 0 bridgehead atoms. The first-order valence-electron chi connectivity index (χ1n) is 7.28. The van der Waals surface area contributed by atoms with Crippen LogP contribution in [0, 0.1) is 0 Å². The number of halogens is 2. The summed E-state index contributed by atoms with van der Waals surface area (Å²) in [5.74, 6) is 1.60. The fraction of sp³-hybridized carbons (Fsp3) is 0.375. The van der Waals surface area contributed by atoms with E-state index in [2.05, 4.69) is 17.2 Å². The predicted molar refractivity (Wildman–Crippen MR) is 88.3 cm³/mol. The van der Waals surface area contributed by atoms with E-state index in [1.807, 2.05) is 12.1 Å². The molecule has 0 unspecified atom stereocenters. The smallest absolute Gasteiger partial charge is 0.163 e. The van der Waals surface area contributed by atoms with Crippen LogP contribution in [0.4, 0.5) is 5.82 Å². The molecule has 0 atom stereocenters. The van der Waals surface area contributed by atoms with E-state index >= 15 is 0 Å². The van der Waals surface area contributed by atoms with Gasteiger partial charge in [-0.15, -0.1) is 0 Å². The number of aryl methyl sites for hydroxylation is 1. The first kappa shape index (κ1) is 14.6. The summed E-state index contributed by atoms with van der Waals surface area (Å²) in [6.45, 7) is 3.05. The van der Waals surface area contributed by atoms with Crippen molar-refractivity contribution in [3.8, 4) is 11.4 Å². The molecule has 0 radical (unpaired) electrons. The van der Waals surface area contributed by atoms with Crippen LogP contribution in [0.1, 0.15) is 31.0 Å². The molecule has 5 heteroatoms. The highest BCUT2D eigenvalue weighted by Crippen LogP contribution is 2.34. The topological polar surface area (TPSA) is 37.8 Å². The van der Waals surface area contributed by atoms with Crippen LogP contribution < -0.4 is 5.32 Å². The van der Waals surface area contributed by atoms with Gasteiger partial charge in [0.2, 0.25) is 0 Å². The molecule has 1 aliphatic rings. The van der Waals surface area contributed by atoms with E-state index in [9.17, 15) is 0 Å². The molecular formula is C16H17Cl2N3. The van der Waals surface area contributed by atoms with Crippen molar-refractivity contribution in [3.63, 3.8) is 0 Å². The Labute approximate surface area is 134 Å². The van der Waals surface area contributed by atoms with Gasteiger partial charge in [-0.3, -0.25) is 0 Å². The van der Waals surface area contributed by atoms with Gasteiger partial charge in [-0.05, 0) is 37.8 Å². The normalized spacial score (nSPS) is 13.3. The second kappa shape index (κ2) is 6.20. The number of anilines is 1. The number of benzene rings is 1. The van der Waals surface area contributed by atoms with Gasteiger partial charge < -0.3 is 5.32 Å². The molecule has 0 amide bonds. The van der Waals surface area contributed by atoms with E-state index in [1.54, 1.807) is 6.07 Å². The van der Waals surface area contributed by atoms with Gasteiger partial charge in [-0.1, -0.05) is 36.2 Å². The van der Waals surface area contributed by atoms with Crippen LogP contribution in [0.5, 0.6) is 0 Å². The van der Waals surface area contributed by atoms with Gasteiger partial charge >= 0.3 is 0 Å². The lowest BCUT2D eigenvalue weighted by Crippen LogP contribution is -2.08. The molecule has 1 N–H and O–H groups in total. The molecular weight excluding hydrogens is 305 g/mol. The highest BCUT2D eigenvalue weighted by molar-refractivity contribution is 6.43. The zero-order valence-corrected chi connectivity index (χ0v) is 13.4. The quantitative estimate of drug-likeness (QED) is 0.882. The second-order valence-corrected chi connectivity index (χ2v) is 5.99. The molecule has 0 saturated carbocycles. The largest absolute Gasteiger partial charge is 0.370 e. The van der Waals surface area contributed by atoms with Crippen LogP contribution in [0.2, 0.25) is 10.0 Å². The maximum Gasteiger partial charge on any atom is 0.163 e. The maximum atomic E-state index is 6.30. The number of nitrogens with one attached hydrogen (secondary N) is 1. The third kappa shape index (κ3) is 2.85. The molecule has 1 aliphatic carbocycles. The van der Waals surface area contributed by atoms with E-state index < -0.39 is 0 Å². The lowest BCUT2D eigenvalue weighted by atomic mass is 10.2. The van der Waals surface area contributed by atoms with Crippen molar-refractivity contribution in [2.45, 2.75) is 32.6 Å². The van der Waals surface area contributed by atoms with Gasteiger partial charge in [0.25, 0.3) is 0 Å². The van der Waals surface area contributed by atoms with Crippen LogP contribution in [-0.4, -0.2) is 16.5 Å². The summed E-state index contributed by atoms with van der Waals surface area (Å²) in [7, 11) is 0. The molecule has 21 heavy (non-hydrogen) atoms. The lowest BCUT2D eigenvalue weighted by molar-refractivity contribution is 0.899. The lowest BCUT2D eigenvalue weighted by Gasteiger charge is -2.12. The van der Waals surface area contributed by atoms with E-state index in [0.29, 0.717) is 15.9 Å². The molecule has 3 nitrogen and oxygen atoms in total. The average Bonchev–Trinajstić information content (AvgIpc) is 2.96. The molecule has 110 valence electrons. The van der Waals surface area contributed by atoms with Gasteiger partial charge in [-0.25, -0.2) is 9.97 Å². The second-order valence-electron chi connectivity index (χ2n) is 5.20. The summed E-state index contributed by atoms with van der Waals surface area (Å²) >= 11 is 12.4. The highest BCUT2D eigenvalue weighted by Gasteiger charge is 2.20. The zero-order valence-electron chi connectivity index (χ0n) is 11.9. The minimum Gasteiger partial charge on any atom is -0.370 e. The highest BCUT2D eigenvalue weighted by atomic mass is 35.5. The van der Waals surface area contributed by atoms with Crippen LogP contribution in [-0.2, 0) is 12.8 Å². The average molecular weight is 322 g/mol. The van der Waals surface area contributed by atoms with E-state index in [1.165, 1.54) is 5.56 Å². The fourth-order valence-electron chi connectivity index (χ4n) is 2.62. The van der Waals surface area contributed by atoms with Crippen LogP contribution in [0.25, 0.3) is 11.4 Å². The molecule has 1 aromatic heterocycles. The maximum absolute atomic E-state index is 6.30. The first-order valence-corrected chi connectivity index (χ1v) is 8.04. The standard InChI is InChI=1S/C16H17Cl2N3/c1-2-9-19-15-10-5-4-8-13(10)20-16(21-15)11-6-3-7-12(17)14(11)18/h3,6-7H,2,4-5,8-9H2,1H3,(H,19,20,21). The monoisotopic (exact) mass is 321 g/mol. The van der Waals surface area contributed by atoms with E-state index in [-0.39, 0.29) is 0 Å². The zero-order chi connectivity index (χ0) is 14.8. The van der Waals surface area contributed by atoms with Gasteiger partial charge in [0.05, 0.1) is 10.0 Å². The van der Waals surface area contributed by atoms with Gasteiger partial charge in [0, 0.05) is 23.4 Å². The number of rotatable bonds is 4. The molecule has 0 aliphatic heterocycles. The Morgan fingerprint density at radius 2 is 2.05 bits per heavy atom. The van der Waals surface area contributed by atoms with Crippen molar-refractivity contribution in [1.82, 2.24) is 9.97 Å². The molecule has 1 heterocycles. The van der Waals surface area contributed by atoms with Crippen molar-refractivity contribution in [1.29, 1.82) is 0 Å². The summed E-state index contributed by atoms with van der Waals surface area (Å²) in [5.41, 5.74) is 3.18. The Bertz CT molecular complexity index is 671. The Balaban J connectivity index is 2.09. The molecule has 0 saturated heterocycles. The number of aromatic nitrogens is 2. The van der Waals surface area contributed by atoms with Gasteiger partial charge in [0.1, 0.15) is 5.82 Å². The van der Waals surface area contributed by atoms with Crippen molar-refractivity contribution < 1.29 is 0 Å². The molecule has 2 aromatic rings. The summed E-state index contributed by atoms with van der Waals surface area (Å²) < 4.78 is 0. The van der Waals surface area contributed by atoms with Gasteiger partial charge in [-0.2, -0.15) is 0 Å². The SMILES string of the molecule is CCCNc1nc(-c2cccc(Cl)c2Cl)nc2c1CCC2. The minimum absolute atomic E-state index is 0.513. The minimum atomic E-state index is 0.513. The van der Waals surface area contributed by atoms with Crippen LogP contribution in [0.3, 0.4) is 0 Å². The Morgan fingerprint density at radius 1 is 1.19 bits per heavy atom. The van der Waals surface area contributed by atoms with Crippen LogP contribution >= 0.6 is 23.2 Å².